The number of fused-ring (bicyclic) bond motifs is 1. The summed E-state index contributed by atoms with van der Waals surface area (Å²) in [4.78, 5) is 28.9. The third-order valence-electron chi connectivity index (χ3n) is 5.26. The van der Waals surface area contributed by atoms with Crippen molar-refractivity contribution >= 4 is 38.6 Å². The molecule has 1 aliphatic carbocycles. The standard InChI is InChI=1S/C21H15BrN2O3/c1-27-20(26)18-17(12-5-4-6-13(22)9-12)21(18,11-23)19(25)15-10-24-16-8-3-2-7-14(15)16/h2-10,17-18,24H,1H3/t17-,18+,21-/m1/s1. The minimum absolute atomic E-state index is 0.358. The summed E-state index contributed by atoms with van der Waals surface area (Å²) in [5.74, 6) is -2.28. The van der Waals surface area contributed by atoms with Gasteiger partial charge in [0.25, 0.3) is 0 Å². The lowest BCUT2D eigenvalue weighted by Crippen LogP contribution is -2.21. The molecule has 1 heterocycles. The maximum absolute atomic E-state index is 13.5. The van der Waals surface area contributed by atoms with E-state index in [2.05, 4.69) is 27.0 Å². The fraction of sp³-hybridized carbons (Fsp3) is 0.190. The van der Waals surface area contributed by atoms with E-state index >= 15 is 0 Å². The molecule has 1 saturated carbocycles. The van der Waals surface area contributed by atoms with Crippen LogP contribution < -0.4 is 0 Å². The number of hydrogen-bond acceptors (Lipinski definition) is 4. The Morgan fingerprint density at radius 3 is 2.70 bits per heavy atom. The zero-order valence-electron chi connectivity index (χ0n) is 14.4. The largest absolute Gasteiger partial charge is 0.469 e. The number of nitrogens with zero attached hydrogens (tertiary/aromatic N) is 1. The fourth-order valence-corrected chi connectivity index (χ4v) is 4.36. The van der Waals surface area contributed by atoms with E-state index in [1.54, 1.807) is 6.20 Å². The number of rotatable bonds is 4. The van der Waals surface area contributed by atoms with Crippen molar-refractivity contribution in [1.82, 2.24) is 4.98 Å². The van der Waals surface area contributed by atoms with Gasteiger partial charge in [-0.25, -0.2) is 0 Å². The Kier molecular flexibility index (Phi) is 4.12. The Morgan fingerprint density at radius 1 is 1.22 bits per heavy atom. The number of nitrogens with one attached hydrogen (secondary N) is 1. The molecule has 0 radical (unpaired) electrons. The summed E-state index contributed by atoms with van der Waals surface area (Å²) in [6.07, 6.45) is 1.61. The van der Waals surface area contributed by atoms with Gasteiger partial charge in [-0.05, 0) is 23.8 Å². The third kappa shape index (κ3) is 2.50. The van der Waals surface area contributed by atoms with Crippen molar-refractivity contribution in [3.05, 3.63) is 70.3 Å². The molecule has 1 N–H and O–H groups in total. The lowest BCUT2D eigenvalue weighted by Gasteiger charge is -2.08. The number of carbonyl (C=O) groups is 2. The van der Waals surface area contributed by atoms with Gasteiger partial charge in [0.2, 0.25) is 0 Å². The van der Waals surface area contributed by atoms with Gasteiger partial charge in [-0.3, -0.25) is 9.59 Å². The Bertz CT molecular complexity index is 1110. The molecule has 5 nitrogen and oxygen atoms in total. The SMILES string of the molecule is COC(=O)[C@@H]1[C@@H](c2cccc(Br)c2)[C@@]1(C#N)C(=O)c1c[nH]c2ccccc12. The highest BCUT2D eigenvalue weighted by Crippen LogP contribution is 2.66. The van der Waals surface area contributed by atoms with Crippen molar-refractivity contribution in [2.75, 3.05) is 7.11 Å². The summed E-state index contributed by atoms with van der Waals surface area (Å²) in [6.45, 7) is 0. The van der Waals surface area contributed by atoms with Crippen LogP contribution in [0.5, 0.6) is 0 Å². The Morgan fingerprint density at radius 2 is 2.00 bits per heavy atom. The number of ketones is 1. The van der Waals surface area contributed by atoms with Crippen LogP contribution in [-0.2, 0) is 9.53 Å². The second-order valence-electron chi connectivity index (χ2n) is 6.59. The number of para-hydroxylation sites is 1. The zero-order chi connectivity index (χ0) is 19.2. The Balaban J connectivity index is 1.85. The first-order chi connectivity index (χ1) is 13.0. The van der Waals surface area contributed by atoms with Crippen LogP contribution in [0.25, 0.3) is 10.9 Å². The molecule has 6 heteroatoms. The molecule has 27 heavy (non-hydrogen) atoms. The van der Waals surface area contributed by atoms with Gasteiger partial charge in [0.1, 0.15) is 5.41 Å². The molecule has 134 valence electrons. The monoisotopic (exact) mass is 422 g/mol. The molecule has 1 fully saturated rings. The average Bonchev–Trinajstić information content (AvgIpc) is 3.20. The molecule has 3 aromatic rings. The van der Waals surface area contributed by atoms with Crippen molar-refractivity contribution in [3.63, 3.8) is 0 Å². The first kappa shape index (κ1) is 17.5. The number of halogens is 1. The zero-order valence-corrected chi connectivity index (χ0v) is 16.0. The summed E-state index contributed by atoms with van der Waals surface area (Å²) in [5.41, 5.74) is 0.509. The Hall–Kier alpha value is -2.91. The molecular weight excluding hydrogens is 408 g/mol. The molecule has 2 aromatic carbocycles. The number of esters is 1. The molecule has 0 bridgehead atoms. The van der Waals surface area contributed by atoms with E-state index in [0.29, 0.717) is 5.56 Å². The summed E-state index contributed by atoms with van der Waals surface area (Å²) < 4.78 is 5.73. The van der Waals surface area contributed by atoms with Gasteiger partial charge in [0.05, 0.1) is 19.1 Å². The minimum atomic E-state index is -1.47. The average molecular weight is 423 g/mol. The molecular formula is C21H15BrN2O3. The van der Waals surface area contributed by atoms with Crippen LogP contribution in [0.2, 0.25) is 0 Å². The molecule has 0 unspecified atom stereocenters. The number of carbonyl (C=O) groups excluding carboxylic acids is 2. The quantitative estimate of drug-likeness (QED) is 0.504. The second kappa shape index (κ2) is 6.36. The first-order valence-electron chi connectivity index (χ1n) is 8.40. The summed E-state index contributed by atoms with van der Waals surface area (Å²) in [6, 6.07) is 16.9. The van der Waals surface area contributed by atoms with E-state index in [1.165, 1.54) is 7.11 Å². The highest BCUT2D eigenvalue weighted by atomic mass is 79.9. The van der Waals surface area contributed by atoms with E-state index in [4.69, 9.17) is 4.74 Å². The van der Waals surface area contributed by atoms with E-state index in [-0.39, 0.29) is 5.78 Å². The molecule has 3 atom stereocenters. The van der Waals surface area contributed by atoms with Gasteiger partial charge in [-0.2, -0.15) is 5.26 Å². The van der Waals surface area contributed by atoms with Crippen LogP contribution in [0, 0.1) is 22.7 Å². The van der Waals surface area contributed by atoms with Crippen LogP contribution in [0.4, 0.5) is 0 Å². The van der Waals surface area contributed by atoms with Crippen LogP contribution in [0.3, 0.4) is 0 Å². The van der Waals surface area contributed by atoms with Crippen LogP contribution in [0.1, 0.15) is 21.8 Å². The molecule has 0 aliphatic heterocycles. The molecule has 4 rings (SSSR count). The predicted octanol–water partition coefficient (Wildman–Crippen LogP) is 4.21. The van der Waals surface area contributed by atoms with Crippen molar-refractivity contribution in [3.8, 4) is 6.07 Å². The van der Waals surface area contributed by atoms with E-state index in [1.807, 2.05) is 48.5 Å². The van der Waals surface area contributed by atoms with E-state index in [0.717, 1.165) is 20.9 Å². The summed E-state index contributed by atoms with van der Waals surface area (Å²) in [7, 11) is 1.27. The number of hydrogen-bond donors (Lipinski definition) is 1. The van der Waals surface area contributed by atoms with Crippen molar-refractivity contribution in [2.24, 2.45) is 11.3 Å². The van der Waals surface area contributed by atoms with Gasteiger partial charge < -0.3 is 9.72 Å². The maximum atomic E-state index is 13.5. The number of methoxy groups -OCH3 is 1. The normalized spacial score (nSPS) is 23.6. The van der Waals surface area contributed by atoms with Gasteiger partial charge >= 0.3 is 5.97 Å². The molecule has 0 amide bonds. The molecule has 0 saturated heterocycles. The summed E-state index contributed by atoms with van der Waals surface area (Å²) >= 11 is 3.41. The highest BCUT2D eigenvalue weighted by molar-refractivity contribution is 9.10. The predicted molar refractivity (Wildman–Crippen MR) is 103 cm³/mol. The molecule has 1 aromatic heterocycles. The molecule has 0 spiro atoms. The Labute approximate surface area is 164 Å². The van der Waals surface area contributed by atoms with Gasteiger partial charge in [0.15, 0.2) is 5.78 Å². The topological polar surface area (TPSA) is 82.9 Å². The van der Waals surface area contributed by atoms with E-state index in [9.17, 15) is 14.9 Å². The van der Waals surface area contributed by atoms with Crippen LogP contribution in [-0.4, -0.2) is 23.8 Å². The van der Waals surface area contributed by atoms with Crippen molar-refractivity contribution in [2.45, 2.75) is 5.92 Å². The first-order valence-corrected chi connectivity index (χ1v) is 9.19. The summed E-state index contributed by atoms with van der Waals surface area (Å²) in [5, 5.41) is 10.7. The lowest BCUT2D eigenvalue weighted by molar-refractivity contribution is -0.142. The van der Waals surface area contributed by atoms with Gasteiger partial charge in [0, 0.05) is 33.1 Å². The number of H-pyrrole nitrogens is 1. The molecule has 1 aliphatic rings. The number of aromatic nitrogens is 1. The van der Waals surface area contributed by atoms with Crippen LogP contribution >= 0.6 is 15.9 Å². The second-order valence-corrected chi connectivity index (χ2v) is 7.51. The van der Waals surface area contributed by atoms with Crippen molar-refractivity contribution in [1.29, 1.82) is 5.26 Å². The number of nitriles is 1. The minimum Gasteiger partial charge on any atom is -0.469 e. The van der Waals surface area contributed by atoms with Gasteiger partial charge in [-0.15, -0.1) is 0 Å². The number of Topliss-reactive ketones (excluding diaryl/α,β-unsaturated/α-hetero) is 1. The number of ether oxygens (including phenoxy) is 1. The van der Waals surface area contributed by atoms with Crippen molar-refractivity contribution < 1.29 is 14.3 Å². The number of benzene rings is 2. The third-order valence-corrected chi connectivity index (χ3v) is 5.76. The fourth-order valence-electron chi connectivity index (χ4n) is 3.95. The van der Waals surface area contributed by atoms with Crippen LogP contribution in [0.15, 0.2) is 59.2 Å². The maximum Gasteiger partial charge on any atom is 0.311 e. The van der Waals surface area contributed by atoms with E-state index < -0.39 is 23.2 Å². The number of aromatic amines is 1. The highest BCUT2D eigenvalue weighted by Gasteiger charge is 2.74. The lowest BCUT2D eigenvalue weighted by atomic mass is 9.90. The van der Waals surface area contributed by atoms with Gasteiger partial charge in [-0.1, -0.05) is 46.3 Å². The smallest absolute Gasteiger partial charge is 0.311 e.